The topological polar surface area (TPSA) is 40.5 Å². The number of hydrogen-bond donors (Lipinski definition) is 2. The smallest absolute Gasteiger partial charge is 0.0564 e. The summed E-state index contributed by atoms with van der Waals surface area (Å²) in [5.74, 6) is 0. The average Bonchev–Trinajstić information content (AvgIpc) is 2.65. The maximum Gasteiger partial charge on any atom is 0.0564 e. The minimum Gasteiger partial charge on any atom is -0.393 e. The molecule has 2 heteroatoms. The van der Waals surface area contributed by atoms with E-state index in [4.69, 9.17) is 0 Å². The fraction of sp³-hybridized carbons (Fsp3) is 1.00. The molecule has 0 radical (unpaired) electrons. The summed E-state index contributed by atoms with van der Waals surface area (Å²) in [6.45, 7) is 4.46. The van der Waals surface area contributed by atoms with Crippen LogP contribution in [0.25, 0.3) is 0 Å². The highest BCUT2D eigenvalue weighted by atomic mass is 16.3. The van der Waals surface area contributed by atoms with E-state index in [9.17, 15) is 10.2 Å². The van der Waals surface area contributed by atoms with Gasteiger partial charge < -0.3 is 10.2 Å². The molecule has 0 rings (SSSR count). The van der Waals surface area contributed by atoms with E-state index in [0.29, 0.717) is 6.42 Å². The summed E-state index contributed by atoms with van der Waals surface area (Å²) >= 11 is 0. The van der Waals surface area contributed by atoms with Crippen LogP contribution in [0, 0.1) is 0 Å². The van der Waals surface area contributed by atoms with Gasteiger partial charge in [0.2, 0.25) is 0 Å². The molecule has 0 aromatic heterocycles. The van der Waals surface area contributed by atoms with Gasteiger partial charge in [0.25, 0.3) is 0 Å². The van der Waals surface area contributed by atoms with Crippen LogP contribution in [0.2, 0.25) is 0 Å². The molecule has 0 aliphatic carbocycles. The Morgan fingerprint density at radius 1 is 0.407 bits per heavy atom. The van der Waals surface area contributed by atoms with E-state index in [1.807, 2.05) is 0 Å². The standard InChI is InChI=1S/C25H52O2/c1-3-5-7-8-9-10-11-12-13-14-15-16-17-18-20-22-25(27)23-24(26)21-19-6-4-2/h24-27H,3-23H2,1-2H3/t24-,25+/m1/s1. The van der Waals surface area contributed by atoms with Crippen LogP contribution in [0.4, 0.5) is 0 Å². The monoisotopic (exact) mass is 384 g/mol. The first-order chi connectivity index (χ1) is 13.2. The van der Waals surface area contributed by atoms with Crippen LogP contribution in [-0.4, -0.2) is 22.4 Å². The first-order valence-electron chi connectivity index (χ1n) is 12.6. The van der Waals surface area contributed by atoms with E-state index < -0.39 is 0 Å². The van der Waals surface area contributed by atoms with Crippen LogP contribution in [0.1, 0.15) is 149 Å². The molecule has 0 aromatic rings. The van der Waals surface area contributed by atoms with Crippen molar-refractivity contribution in [1.82, 2.24) is 0 Å². The first-order valence-corrected chi connectivity index (χ1v) is 12.6. The fourth-order valence-electron chi connectivity index (χ4n) is 3.93. The highest BCUT2D eigenvalue weighted by molar-refractivity contribution is 4.64. The lowest BCUT2D eigenvalue weighted by molar-refractivity contribution is 0.0681. The Morgan fingerprint density at radius 2 is 0.667 bits per heavy atom. The summed E-state index contributed by atoms with van der Waals surface area (Å²) < 4.78 is 0. The molecular formula is C25H52O2. The van der Waals surface area contributed by atoms with Crippen molar-refractivity contribution in [1.29, 1.82) is 0 Å². The third-order valence-corrected chi connectivity index (χ3v) is 5.83. The Morgan fingerprint density at radius 3 is 1.04 bits per heavy atom. The molecule has 2 nitrogen and oxygen atoms in total. The Balaban J connectivity index is 3.19. The van der Waals surface area contributed by atoms with Crippen molar-refractivity contribution in [2.75, 3.05) is 0 Å². The lowest BCUT2D eigenvalue weighted by Gasteiger charge is -2.15. The van der Waals surface area contributed by atoms with Gasteiger partial charge in [-0.2, -0.15) is 0 Å². The minimum absolute atomic E-state index is 0.302. The predicted octanol–water partition coefficient (Wildman–Crippen LogP) is 7.94. The molecular weight excluding hydrogens is 332 g/mol. The van der Waals surface area contributed by atoms with Crippen molar-refractivity contribution in [2.45, 2.75) is 161 Å². The minimum atomic E-state index is -0.303. The lowest BCUT2D eigenvalue weighted by Crippen LogP contribution is -2.17. The van der Waals surface area contributed by atoms with Crippen LogP contribution in [0.3, 0.4) is 0 Å². The first kappa shape index (κ1) is 26.9. The Hall–Kier alpha value is -0.0800. The highest BCUT2D eigenvalue weighted by Gasteiger charge is 2.11. The summed E-state index contributed by atoms with van der Waals surface area (Å²) in [5.41, 5.74) is 0. The largest absolute Gasteiger partial charge is 0.393 e. The number of hydrogen-bond acceptors (Lipinski definition) is 2. The van der Waals surface area contributed by atoms with Gasteiger partial charge in [-0.15, -0.1) is 0 Å². The summed E-state index contributed by atoms with van der Waals surface area (Å²) in [6, 6.07) is 0. The molecule has 0 fully saturated rings. The van der Waals surface area contributed by atoms with Crippen LogP contribution < -0.4 is 0 Å². The van der Waals surface area contributed by atoms with E-state index in [1.165, 1.54) is 103 Å². The van der Waals surface area contributed by atoms with Crippen molar-refractivity contribution >= 4 is 0 Å². The van der Waals surface area contributed by atoms with E-state index in [1.54, 1.807) is 0 Å². The average molecular weight is 385 g/mol. The van der Waals surface area contributed by atoms with Gasteiger partial charge in [0.15, 0.2) is 0 Å². The van der Waals surface area contributed by atoms with Gasteiger partial charge in [-0.3, -0.25) is 0 Å². The molecule has 164 valence electrons. The molecule has 0 aliphatic rings. The van der Waals surface area contributed by atoms with Crippen LogP contribution >= 0.6 is 0 Å². The molecule has 0 aliphatic heterocycles. The van der Waals surface area contributed by atoms with Crippen LogP contribution in [-0.2, 0) is 0 Å². The number of unbranched alkanes of at least 4 members (excludes halogenated alkanes) is 16. The van der Waals surface area contributed by atoms with Crippen molar-refractivity contribution in [2.24, 2.45) is 0 Å². The summed E-state index contributed by atoms with van der Waals surface area (Å²) in [4.78, 5) is 0. The molecule has 0 amide bonds. The molecule has 2 N–H and O–H groups in total. The zero-order chi connectivity index (χ0) is 20.0. The second-order valence-corrected chi connectivity index (χ2v) is 8.78. The normalized spacial score (nSPS) is 13.8. The summed E-state index contributed by atoms with van der Waals surface area (Å²) in [5, 5.41) is 19.9. The van der Waals surface area contributed by atoms with Gasteiger partial charge in [0.1, 0.15) is 0 Å². The maximum atomic E-state index is 10.0. The van der Waals surface area contributed by atoms with Crippen molar-refractivity contribution in [3.8, 4) is 0 Å². The van der Waals surface area contributed by atoms with Gasteiger partial charge in [-0.05, 0) is 19.3 Å². The maximum absolute atomic E-state index is 10.0. The Bertz CT molecular complexity index is 267. The second kappa shape index (κ2) is 22.2. The SMILES string of the molecule is CCCCCCCCCCCCCCCCC[C@H](O)C[C@H](O)CCCCC. The van der Waals surface area contributed by atoms with Crippen molar-refractivity contribution in [3.63, 3.8) is 0 Å². The molecule has 0 spiro atoms. The zero-order valence-electron chi connectivity index (χ0n) is 18.9. The van der Waals surface area contributed by atoms with E-state index in [-0.39, 0.29) is 12.2 Å². The van der Waals surface area contributed by atoms with E-state index >= 15 is 0 Å². The number of aliphatic hydroxyl groups excluding tert-OH is 2. The summed E-state index contributed by atoms with van der Waals surface area (Å²) in [7, 11) is 0. The highest BCUT2D eigenvalue weighted by Crippen LogP contribution is 2.16. The van der Waals surface area contributed by atoms with Gasteiger partial charge in [0.05, 0.1) is 12.2 Å². The second-order valence-electron chi connectivity index (χ2n) is 8.78. The Kier molecular flexibility index (Phi) is 22.1. The van der Waals surface area contributed by atoms with Gasteiger partial charge in [-0.1, -0.05) is 129 Å². The predicted molar refractivity (Wildman–Crippen MR) is 120 cm³/mol. The molecule has 0 aromatic carbocycles. The van der Waals surface area contributed by atoms with Gasteiger partial charge >= 0.3 is 0 Å². The summed E-state index contributed by atoms with van der Waals surface area (Å²) in [6.07, 6.45) is 25.8. The molecule has 0 bridgehead atoms. The molecule has 0 saturated carbocycles. The number of rotatable bonds is 22. The van der Waals surface area contributed by atoms with Crippen molar-refractivity contribution in [3.05, 3.63) is 0 Å². The third kappa shape index (κ3) is 22.1. The van der Waals surface area contributed by atoms with Crippen LogP contribution in [0.5, 0.6) is 0 Å². The molecule has 2 atom stereocenters. The quantitative estimate of drug-likeness (QED) is 0.186. The number of aliphatic hydroxyl groups is 2. The lowest BCUT2D eigenvalue weighted by atomic mass is 10.00. The van der Waals surface area contributed by atoms with E-state index in [0.717, 1.165) is 25.7 Å². The van der Waals surface area contributed by atoms with E-state index in [2.05, 4.69) is 13.8 Å². The fourth-order valence-corrected chi connectivity index (χ4v) is 3.93. The third-order valence-electron chi connectivity index (χ3n) is 5.83. The molecule has 27 heavy (non-hydrogen) atoms. The molecule has 0 unspecified atom stereocenters. The molecule has 0 saturated heterocycles. The molecule has 0 heterocycles. The van der Waals surface area contributed by atoms with Crippen molar-refractivity contribution < 1.29 is 10.2 Å². The Labute approximate surface area is 171 Å². The van der Waals surface area contributed by atoms with Gasteiger partial charge in [0, 0.05) is 0 Å². The zero-order valence-corrected chi connectivity index (χ0v) is 18.9. The van der Waals surface area contributed by atoms with Gasteiger partial charge in [-0.25, -0.2) is 0 Å². The van der Waals surface area contributed by atoms with Crippen LogP contribution in [0.15, 0.2) is 0 Å².